The molecule has 1 aliphatic heterocycles. The normalized spacial score (nSPS) is 28.4. The topological polar surface area (TPSA) is 61.5 Å². The Morgan fingerprint density at radius 1 is 1.21 bits per heavy atom. The number of rotatable bonds is 3. The van der Waals surface area contributed by atoms with Gasteiger partial charge in [0.1, 0.15) is 0 Å². The maximum Gasteiger partial charge on any atom is 0.0938 e. The lowest BCUT2D eigenvalue weighted by Gasteiger charge is -2.13. The van der Waals surface area contributed by atoms with E-state index in [1.165, 1.54) is 0 Å². The molecule has 1 fully saturated rings. The molecule has 2 N–H and O–H groups in total. The fourth-order valence-corrected chi connectivity index (χ4v) is 1.71. The van der Waals surface area contributed by atoms with Crippen molar-refractivity contribution in [2.24, 2.45) is 0 Å². The van der Waals surface area contributed by atoms with E-state index in [2.05, 4.69) is 5.10 Å². The van der Waals surface area contributed by atoms with Crippen molar-refractivity contribution in [1.82, 2.24) is 14.7 Å². The number of β-amino-alcohol motifs (C(OH)–C–C–N with tert-alkyl or cyclic N) is 2. The van der Waals surface area contributed by atoms with Crippen LogP contribution in [0.5, 0.6) is 0 Å². The summed E-state index contributed by atoms with van der Waals surface area (Å²) in [6.45, 7) is 2.73. The molecule has 0 amide bonds. The molecule has 0 unspecified atom stereocenters. The highest BCUT2D eigenvalue weighted by Crippen LogP contribution is 2.09. The molecule has 1 saturated heterocycles. The van der Waals surface area contributed by atoms with E-state index in [1.54, 1.807) is 6.20 Å². The number of aliphatic hydroxyl groups excluding tert-OH is 2. The lowest BCUT2D eigenvalue weighted by atomic mass is 10.3. The molecule has 2 rings (SSSR count). The molecule has 14 heavy (non-hydrogen) atoms. The third-order valence-corrected chi connectivity index (χ3v) is 2.54. The molecule has 0 aromatic carbocycles. The van der Waals surface area contributed by atoms with Gasteiger partial charge in [-0.25, -0.2) is 0 Å². The van der Waals surface area contributed by atoms with Gasteiger partial charge in [-0.2, -0.15) is 5.10 Å². The lowest BCUT2D eigenvalue weighted by molar-refractivity contribution is 0.0572. The molecule has 2 atom stereocenters. The Kier molecular flexibility index (Phi) is 2.81. The average molecular weight is 197 g/mol. The predicted molar refractivity (Wildman–Crippen MR) is 50.7 cm³/mol. The fourth-order valence-electron chi connectivity index (χ4n) is 1.71. The van der Waals surface area contributed by atoms with Crippen LogP contribution in [-0.2, 0) is 6.54 Å². The molecule has 0 bridgehead atoms. The van der Waals surface area contributed by atoms with E-state index in [0.29, 0.717) is 13.1 Å². The van der Waals surface area contributed by atoms with Crippen LogP contribution in [0.1, 0.15) is 0 Å². The third kappa shape index (κ3) is 2.12. The van der Waals surface area contributed by atoms with Crippen LogP contribution in [0.2, 0.25) is 0 Å². The minimum Gasteiger partial charge on any atom is -0.389 e. The van der Waals surface area contributed by atoms with Crippen LogP contribution >= 0.6 is 0 Å². The van der Waals surface area contributed by atoms with Gasteiger partial charge in [0.25, 0.3) is 0 Å². The summed E-state index contributed by atoms with van der Waals surface area (Å²) in [4.78, 5) is 2.04. The molecule has 5 nitrogen and oxygen atoms in total. The van der Waals surface area contributed by atoms with E-state index in [9.17, 15) is 10.2 Å². The van der Waals surface area contributed by atoms with Gasteiger partial charge in [0.2, 0.25) is 0 Å². The van der Waals surface area contributed by atoms with Gasteiger partial charge in [-0.3, -0.25) is 9.58 Å². The van der Waals surface area contributed by atoms with Crippen LogP contribution < -0.4 is 0 Å². The van der Waals surface area contributed by atoms with Crippen molar-refractivity contribution in [3.63, 3.8) is 0 Å². The second-order valence-corrected chi connectivity index (χ2v) is 3.66. The summed E-state index contributed by atoms with van der Waals surface area (Å²) in [5.41, 5.74) is 0. The van der Waals surface area contributed by atoms with Crippen molar-refractivity contribution in [2.45, 2.75) is 18.8 Å². The number of aliphatic hydroxyl groups is 2. The largest absolute Gasteiger partial charge is 0.389 e. The van der Waals surface area contributed by atoms with Crippen molar-refractivity contribution in [3.8, 4) is 0 Å². The zero-order chi connectivity index (χ0) is 9.97. The maximum atomic E-state index is 9.31. The van der Waals surface area contributed by atoms with E-state index in [1.807, 2.05) is 21.8 Å². The van der Waals surface area contributed by atoms with Gasteiger partial charge in [0, 0.05) is 32.0 Å². The zero-order valence-corrected chi connectivity index (χ0v) is 7.95. The van der Waals surface area contributed by atoms with Gasteiger partial charge in [0.05, 0.1) is 18.8 Å². The summed E-state index contributed by atoms with van der Waals surface area (Å²) < 4.78 is 1.84. The van der Waals surface area contributed by atoms with Crippen LogP contribution in [0, 0.1) is 0 Å². The minimum atomic E-state index is -0.590. The Morgan fingerprint density at radius 2 is 1.93 bits per heavy atom. The highest BCUT2D eigenvalue weighted by molar-refractivity contribution is 4.83. The molecule has 0 radical (unpaired) electrons. The third-order valence-electron chi connectivity index (χ3n) is 2.54. The van der Waals surface area contributed by atoms with Gasteiger partial charge in [-0.05, 0) is 6.07 Å². The van der Waals surface area contributed by atoms with Crippen LogP contribution in [0.3, 0.4) is 0 Å². The zero-order valence-electron chi connectivity index (χ0n) is 7.95. The first-order valence-corrected chi connectivity index (χ1v) is 4.81. The number of hydrogen-bond donors (Lipinski definition) is 2. The number of likely N-dealkylation sites (tertiary alicyclic amines) is 1. The molecule has 0 saturated carbocycles. The minimum absolute atomic E-state index is 0.558. The first-order chi connectivity index (χ1) is 6.75. The van der Waals surface area contributed by atoms with Crippen molar-refractivity contribution in [1.29, 1.82) is 0 Å². The Hall–Kier alpha value is -0.910. The van der Waals surface area contributed by atoms with E-state index in [4.69, 9.17) is 0 Å². The van der Waals surface area contributed by atoms with E-state index < -0.39 is 12.2 Å². The average Bonchev–Trinajstić information content (AvgIpc) is 2.74. The van der Waals surface area contributed by atoms with Gasteiger partial charge < -0.3 is 10.2 Å². The van der Waals surface area contributed by atoms with Gasteiger partial charge in [0.15, 0.2) is 0 Å². The van der Waals surface area contributed by atoms with Gasteiger partial charge >= 0.3 is 0 Å². The summed E-state index contributed by atoms with van der Waals surface area (Å²) in [7, 11) is 0. The molecule has 2 heterocycles. The smallest absolute Gasteiger partial charge is 0.0938 e. The molecule has 1 aromatic rings. The van der Waals surface area contributed by atoms with E-state index >= 15 is 0 Å². The number of hydrogen-bond acceptors (Lipinski definition) is 4. The molecule has 5 heteroatoms. The standard InChI is InChI=1S/C9H15N3O2/c13-8-6-11(7-9(8)14)4-5-12-3-1-2-10-12/h1-3,8-9,13-14H,4-7H2/t8-,9+. The van der Waals surface area contributed by atoms with Crippen molar-refractivity contribution < 1.29 is 10.2 Å². The lowest BCUT2D eigenvalue weighted by Crippen LogP contribution is -2.26. The summed E-state index contributed by atoms with van der Waals surface area (Å²) in [5, 5.41) is 22.7. The van der Waals surface area contributed by atoms with Crippen LogP contribution in [0.15, 0.2) is 18.5 Å². The molecule has 1 aromatic heterocycles. The Bertz CT molecular complexity index is 266. The second kappa shape index (κ2) is 4.08. The monoisotopic (exact) mass is 197 g/mol. The molecule has 1 aliphatic rings. The van der Waals surface area contributed by atoms with Crippen molar-refractivity contribution >= 4 is 0 Å². The van der Waals surface area contributed by atoms with Crippen molar-refractivity contribution in [3.05, 3.63) is 18.5 Å². The first-order valence-electron chi connectivity index (χ1n) is 4.81. The fraction of sp³-hybridized carbons (Fsp3) is 0.667. The van der Waals surface area contributed by atoms with Gasteiger partial charge in [-0.1, -0.05) is 0 Å². The summed E-state index contributed by atoms with van der Waals surface area (Å²) >= 11 is 0. The Balaban J connectivity index is 1.77. The highest BCUT2D eigenvalue weighted by atomic mass is 16.3. The Morgan fingerprint density at radius 3 is 2.50 bits per heavy atom. The van der Waals surface area contributed by atoms with Crippen LogP contribution in [-0.4, -0.2) is 56.7 Å². The quantitative estimate of drug-likeness (QED) is 0.647. The molecular formula is C9H15N3O2. The maximum absolute atomic E-state index is 9.31. The molecule has 78 valence electrons. The molecule has 0 aliphatic carbocycles. The van der Waals surface area contributed by atoms with Crippen LogP contribution in [0.4, 0.5) is 0 Å². The second-order valence-electron chi connectivity index (χ2n) is 3.66. The SMILES string of the molecule is O[C@@H]1CN(CCn2cccn2)C[C@@H]1O. The van der Waals surface area contributed by atoms with E-state index in [-0.39, 0.29) is 0 Å². The molecule has 0 spiro atoms. The summed E-state index contributed by atoms with van der Waals surface area (Å²) in [5.74, 6) is 0. The van der Waals surface area contributed by atoms with Crippen molar-refractivity contribution in [2.75, 3.05) is 19.6 Å². The predicted octanol–water partition coefficient (Wildman–Crippen LogP) is -1.08. The van der Waals surface area contributed by atoms with E-state index in [0.717, 1.165) is 13.1 Å². The first kappa shape index (κ1) is 9.64. The Labute approximate surface area is 82.6 Å². The number of nitrogens with zero attached hydrogens (tertiary/aromatic N) is 3. The van der Waals surface area contributed by atoms with Crippen LogP contribution in [0.25, 0.3) is 0 Å². The summed E-state index contributed by atoms with van der Waals surface area (Å²) in [6.07, 6.45) is 2.47. The summed E-state index contributed by atoms with van der Waals surface area (Å²) in [6, 6.07) is 1.88. The molecular weight excluding hydrogens is 182 g/mol. The highest BCUT2D eigenvalue weighted by Gasteiger charge is 2.28. The number of aromatic nitrogens is 2. The van der Waals surface area contributed by atoms with Gasteiger partial charge in [-0.15, -0.1) is 0 Å².